The Hall–Kier alpha value is -4.04. The van der Waals surface area contributed by atoms with E-state index < -0.39 is 46.0 Å². The number of imide groups is 1. The number of nitrogens with zero attached hydrogens (tertiary/aromatic N) is 2. The van der Waals surface area contributed by atoms with Crippen LogP contribution in [0.4, 0.5) is 11.4 Å². The molecule has 2 bridgehead atoms. The molecular formula is C28H24N2O6. The highest BCUT2D eigenvalue weighted by atomic mass is 16.6. The summed E-state index contributed by atoms with van der Waals surface area (Å²) in [6, 6.07) is 19.4. The molecule has 1 saturated heterocycles. The van der Waals surface area contributed by atoms with Crippen LogP contribution in [0.25, 0.3) is 0 Å². The van der Waals surface area contributed by atoms with Gasteiger partial charge in [-0.3, -0.25) is 19.7 Å². The summed E-state index contributed by atoms with van der Waals surface area (Å²) in [5.41, 5.74) is 1.85. The second kappa shape index (κ2) is 7.73. The Kier molecular flexibility index (Phi) is 4.82. The molecule has 0 aromatic heterocycles. The van der Waals surface area contributed by atoms with Crippen LogP contribution in [0.5, 0.6) is 5.75 Å². The molecule has 1 aliphatic heterocycles. The summed E-state index contributed by atoms with van der Waals surface area (Å²) >= 11 is 0. The lowest BCUT2D eigenvalue weighted by atomic mass is 9.46. The van der Waals surface area contributed by atoms with Crippen LogP contribution in [0.2, 0.25) is 0 Å². The lowest BCUT2D eigenvalue weighted by Gasteiger charge is -2.55. The Morgan fingerprint density at radius 2 is 1.64 bits per heavy atom. The fraction of sp³-hybridized carbons (Fsp3) is 0.286. The summed E-state index contributed by atoms with van der Waals surface area (Å²) in [5, 5.41) is 23.4. The van der Waals surface area contributed by atoms with Crippen molar-refractivity contribution in [2.45, 2.75) is 31.3 Å². The molecule has 1 N–H and O–H groups in total. The normalized spacial score (nSPS) is 26.3. The summed E-state index contributed by atoms with van der Waals surface area (Å²) in [7, 11) is 0. The zero-order chi connectivity index (χ0) is 25.4. The predicted molar refractivity (Wildman–Crippen MR) is 131 cm³/mol. The Bertz CT molecular complexity index is 1400. The van der Waals surface area contributed by atoms with E-state index in [1.54, 1.807) is 13.8 Å². The zero-order valence-corrected chi connectivity index (χ0v) is 19.8. The van der Waals surface area contributed by atoms with E-state index in [1.807, 2.05) is 48.5 Å². The van der Waals surface area contributed by atoms with E-state index in [4.69, 9.17) is 4.74 Å². The predicted octanol–water partition coefficient (Wildman–Crippen LogP) is 3.93. The first-order valence-corrected chi connectivity index (χ1v) is 12.0. The Balaban J connectivity index is 1.60. The molecule has 8 nitrogen and oxygen atoms in total. The third-order valence-corrected chi connectivity index (χ3v) is 8.04. The smallest absolute Gasteiger partial charge is 0.297 e. The van der Waals surface area contributed by atoms with Gasteiger partial charge >= 0.3 is 0 Å². The molecule has 3 aromatic carbocycles. The molecule has 3 aromatic rings. The van der Waals surface area contributed by atoms with Gasteiger partial charge < -0.3 is 9.84 Å². The van der Waals surface area contributed by atoms with Crippen LogP contribution in [0.3, 0.4) is 0 Å². The van der Waals surface area contributed by atoms with Gasteiger partial charge in [-0.2, -0.15) is 0 Å². The van der Waals surface area contributed by atoms with E-state index >= 15 is 0 Å². The zero-order valence-electron chi connectivity index (χ0n) is 19.8. The minimum atomic E-state index is -1.16. The van der Waals surface area contributed by atoms with E-state index in [1.165, 1.54) is 18.2 Å². The van der Waals surface area contributed by atoms with Crippen LogP contribution in [0.15, 0.2) is 66.7 Å². The minimum Gasteiger partial charge on any atom is -0.494 e. The van der Waals surface area contributed by atoms with E-state index in [-0.39, 0.29) is 17.1 Å². The maximum Gasteiger partial charge on any atom is 0.297 e. The van der Waals surface area contributed by atoms with Gasteiger partial charge in [-0.1, -0.05) is 48.5 Å². The van der Waals surface area contributed by atoms with Crippen molar-refractivity contribution >= 4 is 23.2 Å². The standard InChI is InChI=1S/C28H24N2O6/c1-3-36-16-12-13-21(22(14-16)30(34)35)29-26(32)24-23-17-8-4-6-10-19(17)28(15(2)31,25(24)27(29)33)20-11-7-5-9-18(20)23/h4-15,23-25,31H,3H2,1-2H3/t15-,23?,24-,25-,28?/m1/s1. The van der Waals surface area contributed by atoms with Crippen LogP contribution < -0.4 is 9.64 Å². The summed E-state index contributed by atoms with van der Waals surface area (Å²) in [6.45, 7) is 3.73. The molecule has 0 spiro atoms. The molecule has 0 unspecified atom stereocenters. The van der Waals surface area contributed by atoms with Gasteiger partial charge in [0.05, 0.1) is 41.0 Å². The molecule has 1 heterocycles. The van der Waals surface area contributed by atoms with Gasteiger partial charge in [-0.15, -0.1) is 0 Å². The van der Waals surface area contributed by atoms with Gasteiger partial charge in [0.2, 0.25) is 11.8 Å². The maximum atomic E-state index is 14.2. The van der Waals surface area contributed by atoms with Crippen molar-refractivity contribution in [1.29, 1.82) is 0 Å². The first-order chi connectivity index (χ1) is 17.3. The molecule has 2 amide bonds. The third-order valence-electron chi connectivity index (χ3n) is 8.04. The number of nitro benzene ring substituents is 1. The number of benzene rings is 3. The van der Waals surface area contributed by atoms with Gasteiger partial charge in [-0.25, -0.2) is 4.90 Å². The number of aliphatic hydroxyl groups excluding tert-OH is 1. The molecule has 3 atom stereocenters. The molecule has 8 heteroatoms. The summed E-state index contributed by atoms with van der Waals surface area (Å²) in [5.74, 6) is -2.83. The number of hydrogen-bond acceptors (Lipinski definition) is 6. The van der Waals surface area contributed by atoms with Crippen LogP contribution in [-0.4, -0.2) is 34.6 Å². The van der Waals surface area contributed by atoms with Gasteiger partial charge in [-0.05, 0) is 48.2 Å². The fourth-order valence-corrected chi connectivity index (χ4v) is 6.87. The molecule has 1 fully saturated rings. The van der Waals surface area contributed by atoms with Crippen molar-refractivity contribution < 1.29 is 24.4 Å². The van der Waals surface area contributed by atoms with Crippen molar-refractivity contribution in [1.82, 2.24) is 0 Å². The van der Waals surface area contributed by atoms with Crippen LogP contribution in [0, 0.1) is 22.0 Å². The van der Waals surface area contributed by atoms with E-state index in [9.17, 15) is 24.8 Å². The Morgan fingerprint density at radius 3 is 2.19 bits per heavy atom. The highest BCUT2D eigenvalue weighted by Crippen LogP contribution is 2.65. The quantitative estimate of drug-likeness (QED) is 0.334. The molecule has 3 aliphatic carbocycles. The van der Waals surface area contributed by atoms with E-state index in [0.29, 0.717) is 6.61 Å². The van der Waals surface area contributed by atoms with Crippen molar-refractivity contribution in [2.24, 2.45) is 11.8 Å². The average molecular weight is 485 g/mol. The van der Waals surface area contributed by atoms with Crippen LogP contribution >= 0.6 is 0 Å². The second-order valence-electron chi connectivity index (χ2n) is 9.55. The van der Waals surface area contributed by atoms with E-state index in [2.05, 4.69) is 0 Å². The molecule has 4 aliphatic rings. The average Bonchev–Trinajstić information content (AvgIpc) is 3.14. The molecule has 0 saturated carbocycles. The lowest BCUT2D eigenvalue weighted by Crippen LogP contribution is -2.58. The SMILES string of the molecule is CCOc1ccc(N2C(=O)[C@@H]3C4c5ccccc5C([C@@H](C)O)(c5ccccc54)[C@H]3C2=O)c([N+](=O)[O-])c1. The number of carbonyl (C=O) groups is 2. The number of aliphatic hydroxyl groups is 1. The fourth-order valence-electron chi connectivity index (χ4n) is 6.87. The first kappa shape index (κ1) is 22.4. The number of nitro groups is 1. The monoisotopic (exact) mass is 484 g/mol. The number of ether oxygens (including phenoxy) is 1. The van der Waals surface area contributed by atoms with Crippen molar-refractivity contribution in [3.63, 3.8) is 0 Å². The maximum absolute atomic E-state index is 14.2. The van der Waals surface area contributed by atoms with Gasteiger partial charge in [0.1, 0.15) is 11.4 Å². The number of carbonyl (C=O) groups excluding carboxylic acids is 2. The van der Waals surface area contributed by atoms with Crippen LogP contribution in [0.1, 0.15) is 42.0 Å². The van der Waals surface area contributed by atoms with Crippen molar-refractivity contribution in [3.05, 3.63) is 99.1 Å². The highest BCUT2D eigenvalue weighted by Gasteiger charge is 2.70. The second-order valence-corrected chi connectivity index (χ2v) is 9.55. The Morgan fingerprint density at radius 1 is 1.03 bits per heavy atom. The summed E-state index contributed by atoms with van der Waals surface area (Å²) < 4.78 is 5.41. The summed E-state index contributed by atoms with van der Waals surface area (Å²) in [4.78, 5) is 40.6. The molecule has 182 valence electrons. The van der Waals surface area contributed by atoms with Crippen molar-refractivity contribution in [2.75, 3.05) is 11.5 Å². The molecule has 36 heavy (non-hydrogen) atoms. The summed E-state index contributed by atoms with van der Waals surface area (Å²) in [6.07, 6.45) is -0.999. The third kappa shape index (κ3) is 2.62. The van der Waals surface area contributed by atoms with Gasteiger partial charge in [0.25, 0.3) is 5.69 Å². The first-order valence-electron chi connectivity index (χ1n) is 12.0. The Labute approximate surface area is 207 Å². The van der Waals surface area contributed by atoms with Gasteiger partial charge in [0.15, 0.2) is 0 Å². The largest absolute Gasteiger partial charge is 0.494 e. The number of anilines is 1. The van der Waals surface area contributed by atoms with Crippen LogP contribution in [-0.2, 0) is 15.0 Å². The van der Waals surface area contributed by atoms with Gasteiger partial charge in [0, 0.05) is 5.92 Å². The molecule has 7 rings (SSSR count). The highest BCUT2D eigenvalue weighted by molar-refractivity contribution is 6.24. The number of hydrogen-bond donors (Lipinski definition) is 1. The lowest BCUT2D eigenvalue weighted by molar-refractivity contribution is -0.384. The molecule has 0 radical (unpaired) electrons. The topological polar surface area (TPSA) is 110 Å². The minimum absolute atomic E-state index is 0.0823. The number of rotatable bonds is 5. The van der Waals surface area contributed by atoms with E-state index in [0.717, 1.165) is 27.2 Å². The molecular weight excluding hydrogens is 460 g/mol. The number of amides is 2. The van der Waals surface area contributed by atoms with Crippen molar-refractivity contribution in [3.8, 4) is 5.75 Å².